The predicted octanol–water partition coefficient (Wildman–Crippen LogP) is 2.57. The molecule has 5 nitrogen and oxygen atoms in total. The van der Waals surface area contributed by atoms with Crippen LogP contribution in [0.2, 0.25) is 0 Å². The number of amides is 2. The van der Waals surface area contributed by atoms with E-state index in [2.05, 4.69) is 10.3 Å². The quantitative estimate of drug-likeness (QED) is 0.917. The van der Waals surface area contributed by atoms with E-state index in [0.29, 0.717) is 18.5 Å². The van der Waals surface area contributed by atoms with E-state index in [1.165, 1.54) is 19.1 Å². The molecule has 0 bridgehead atoms. The van der Waals surface area contributed by atoms with Crippen molar-refractivity contribution in [2.45, 2.75) is 38.3 Å². The summed E-state index contributed by atoms with van der Waals surface area (Å²) in [6.07, 6.45) is 5.36. The van der Waals surface area contributed by atoms with Crippen LogP contribution in [0.1, 0.15) is 35.7 Å². The molecule has 0 saturated carbocycles. The van der Waals surface area contributed by atoms with Crippen LogP contribution in [-0.4, -0.2) is 40.3 Å². The second kappa shape index (κ2) is 8.08. The normalized spacial score (nSPS) is 19.8. The molecule has 1 aliphatic rings. The van der Waals surface area contributed by atoms with Crippen molar-refractivity contribution in [1.29, 1.82) is 0 Å². The first-order valence-corrected chi connectivity index (χ1v) is 8.77. The summed E-state index contributed by atoms with van der Waals surface area (Å²) in [7, 11) is 0. The summed E-state index contributed by atoms with van der Waals surface area (Å²) in [6, 6.07) is 9.43. The highest BCUT2D eigenvalue weighted by Gasteiger charge is 2.35. The number of aromatic nitrogens is 1. The van der Waals surface area contributed by atoms with Crippen LogP contribution in [0.4, 0.5) is 4.39 Å². The summed E-state index contributed by atoms with van der Waals surface area (Å²) in [6.45, 7) is 2.10. The van der Waals surface area contributed by atoms with E-state index in [1.54, 1.807) is 36.7 Å². The first-order chi connectivity index (χ1) is 12.5. The molecule has 1 aliphatic heterocycles. The summed E-state index contributed by atoms with van der Waals surface area (Å²) in [5, 5.41) is 2.98. The summed E-state index contributed by atoms with van der Waals surface area (Å²) in [5.41, 5.74) is 1.46. The summed E-state index contributed by atoms with van der Waals surface area (Å²) >= 11 is 0. The molecule has 0 unspecified atom stereocenters. The van der Waals surface area contributed by atoms with Crippen molar-refractivity contribution in [3.63, 3.8) is 0 Å². The van der Waals surface area contributed by atoms with Crippen molar-refractivity contribution < 1.29 is 14.0 Å². The van der Waals surface area contributed by atoms with Crippen LogP contribution in [0.25, 0.3) is 0 Å². The highest BCUT2D eigenvalue weighted by Crippen LogP contribution is 2.24. The lowest BCUT2D eigenvalue weighted by Gasteiger charge is -2.41. The van der Waals surface area contributed by atoms with Gasteiger partial charge in [0.2, 0.25) is 5.91 Å². The minimum atomic E-state index is -0.293. The molecule has 6 heteroatoms. The Hall–Kier alpha value is -2.76. The topological polar surface area (TPSA) is 62.3 Å². The maximum Gasteiger partial charge on any atom is 0.255 e. The summed E-state index contributed by atoms with van der Waals surface area (Å²) in [4.78, 5) is 30.5. The molecule has 0 radical (unpaired) electrons. The molecular formula is C20H22FN3O2. The molecule has 0 spiro atoms. The molecule has 2 aromatic rings. The standard InChI is InChI=1S/C20H22FN3O2/c1-14(25)23-18-5-3-11-24(20(26)16-4-2-10-22-13-16)19(18)12-15-6-8-17(21)9-7-15/h2,4,6-10,13,18-19H,3,5,11-12H2,1H3,(H,23,25)/t18-,19-/m0/s1. The van der Waals surface area contributed by atoms with Gasteiger partial charge >= 0.3 is 0 Å². The van der Waals surface area contributed by atoms with Gasteiger partial charge < -0.3 is 10.2 Å². The fourth-order valence-corrected chi connectivity index (χ4v) is 3.51. The zero-order valence-electron chi connectivity index (χ0n) is 14.7. The minimum Gasteiger partial charge on any atom is -0.352 e. The fourth-order valence-electron chi connectivity index (χ4n) is 3.51. The van der Waals surface area contributed by atoms with Gasteiger partial charge in [-0.3, -0.25) is 14.6 Å². The van der Waals surface area contributed by atoms with Gasteiger partial charge in [0.15, 0.2) is 0 Å². The van der Waals surface area contributed by atoms with E-state index in [1.807, 2.05) is 4.90 Å². The maximum absolute atomic E-state index is 13.2. The van der Waals surface area contributed by atoms with Crippen molar-refractivity contribution in [3.8, 4) is 0 Å². The van der Waals surface area contributed by atoms with Gasteiger partial charge in [-0.1, -0.05) is 12.1 Å². The lowest BCUT2D eigenvalue weighted by Crippen LogP contribution is -2.57. The maximum atomic E-state index is 13.2. The summed E-state index contributed by atoms with van der Waals surface area (Å²) < 4.78 is 13.2. The minimum absolute atomic E-state index is 0.0970. The van der Waals surface area contributed by atoms with E-state index < -0.39 is 0 Å². The largest absolute Gasteiger partial charge is 0.352 e. The Morgan fingerprint density at radius 3 is 2.69 bits per heavy atom. The van der Waals surface area contributed by atoms with Crippen LogP contribution in [0.5, 0.6) is 0 Å². The molecule has 1 N–H and O–H groups in total. The van der Waals surface area contributed by atoms with Gasteiger partial charge in [0, 0.05) is 31.9 Å². The number of rotatable bonds is 4. The van der Waals surface area contributed by atoms with Crippen LogP contribution in [0.3, 0.4) is 0 Å². The molecule has 2 amide bonds. The molecule has 1 fully saturated rings. The van der Waals surface area contributed by atoms with Gasteiger partial charge in [-0.15, -0.1) is 0 Å². The lowest BCUT2D eigenvalue weighted by molar-refractivity contribution is -0.120. The number of hydrogen-bond acceptors (Lipinski definition) is 3. The van der Waals surface area contributed by atoms with Gasteiger partial charge in [-0.25, -0.2) is 4.39 Å². The Morgan fingerprint density at radius 2 is 2.04 bits per heavy atom. The molecule has 0 aliphatic carbocycles. The third-order valence-electron chi connectivity index (χ3n) is 4.70. The first kappa shape index (κ1) is 18.0. The van der Waals surface area contributed by atoms with Gasteiger partial charge in [0.05, 0.1) is 11.6 Å². The van der Waals surface area contributed by atoms with Crippen LogP contribution in [0.15, 0.2) is 48.8 Å². The molecule has 26 heavy (non-hydrogen) atoms. The predicted molar refractivity (Wildman–Crippen MR) is 96.0 cm³/mol. The number of carbonyl (C=O) groups excluding carboxylic acids is 2. The molecular weight excluding hydrogens is 333 g/mol. The van der Waals surface area contributed by atoms with Crippen LogP contribution >= 0.6 is 0 Å². The zero-order chi connectivity index (χ0) is 18.5. The Kier molecular flexibility index (Phi) is 5.61. The molecule has 2 atom stereocenters. The van der Waals surface area contributed by atoms with Gasteiger partial charge in [-0.05, 0) is 49.1 Å². The highest BCUT2D eigenvalue weighted by atomic mass is 19.1. The number of nitrogens with zero attached hydrogens (tertiary/aromatic N) is 2. The number of pyridine rings is 1. The third-order valence-corrected chi connectivity index (χ3v) is 4.70. The summed E-state index contributed by atoms with van der Waals surface area (Å²) in [5.74, 6) is -0.505. The SMILES string of the molecule is CC(=O)N[C@H]1CCCN(C(=O)c2cccnc2)[C@H]1Cc1ccc(F)cc1. The zero-order valence-corrected chi connectivity index (χ0v) is 14.7. The van der Waals surface area contributed by atoms with Crippen molar-refractivity contribution in [3.05, 3.63) is 65.7 Å². The van der Waals surface area contributed by atoms with Crippen molar-refractivity contribution in [2.24, 2.45) is 0 Å². The Morgan fingerprint density at radius 1 is 1.27 bits per heavy atom. The van der Waals surface area contributed by atoms with Crippen molar-refractivity contribution >= 4 is 11.8 Å². The number of carbonyl (C=O) groups is 2. The third kappa shape index (κ3) is 4.25. The van der Waals surface area contributed by atoms with E-state index >= 15 is 0 Å². The molecule has 1 saturated heterocycles. The van der Waals surface area contributed by atoms with Crippen LogP contribution in [-0.2, 0) is 11.2 Å². The van der Waals surface area contributed by atoms with Crippen LogP contribution < -0.4 is 5.32 Å². The first-order valence-electron chi connectivity index (χ1n) is 8.77. The molecule has 3 rings (SSSR count). The van der Waals surface area contributed by atoms with Crippen molar-refractivity contribution in [1.82, 2.24) is 15.2 Å². The molecule has 1 aromatic carbocycles. The second-order valence-electron chi connectivity index (χ2n) is 6.59. The number of hydrogen-bond donors (Lipinski definition) is 1. The molecule has 136 valence electrons. The Bertz CT molecular complexity index is 764. The number of likely N-dealkylation sites (tertiary alicyclic amines) is 1. The fraction of sp³-hybridized carbons (Fsp3) is 0.350. The van der Waals surface area contributed by atoms with E-state index in [0.717, 1.165) is 18.4 Å². The average molecular weight is 355 g/mol. The monoisotopic (exact) mass is 355 g/mol. The van der Waals surface area contributed by atoms with Crippen LogP contribution in [0, 0.1) is 5.82 Å². The van der Waals surface area contributed by atoms with Gasteiger partial charge in [0.1, 0.15) is 5.82 Å². The van der Waals surface area contributed by atoms with Gasteiger partial charge in [-0.2, -0.15) is 0 Å². The van der Waals surface area contributed by atoms with E-state index in [-0.39, 0.29) is 29.7 Å². The Labute approximate surface area is 152 Å². The number of benzene rings is 1. The number of halogens is 1. The molecule has 1 aromatic heterocycles. The number of piperidine rings is 1. The van der Waals surface area contributed by atoms with Gasteiger partial charge in [0.25, 0.3) is 5.91 Å². The highest BCUT2D eigenvalue weighted by molar-refractivity contribution is 5.94. The smallest absolute Gasteiger partial charge is 0.255 e. The Balaban J connectivity index is 1.87. The molecule has 2 heterocycles. The average Bonchev–Trinajstić information content (AvgIpc) is 2.64. The van der Waals surface area contributed by atoms with Crippen molar-refractivity contribution in [2.75, 3.05) is 6.54 Å². The van der Waals surface area contributed by atoms with E-state index in [9.17, 15) is 14.0 Å². The van der Waals surface area contributed by atoms with E-state index in [4.69, 9.17) is 0 Å². The second-order valence-corrected chi connectivity index (χ2v) is 6.59. The number of nitrogens with one attached hydrogen (secondary N) is 1. The lowest BCUT2D eigenvalue weighted by atomic mass is 9.90.